The first-order valence-corrected chi connectivity index (χ1v) is 6.95. The van der Waals surface area contributed by atoms with E-state index in [-0.39, 0.29) is 12.4 Å². The quantitative estimate of drug-likeness (QED) is 0.675. The first kappa shape index (κ1) is 16.1. The van der Waals surface area contributed by atoms with Crippen molar-refractivity contribution in [3.05, 3.63) is 57.3 Å². The molecular formula is C16H12F3NO4. The highest BCUT2D eigenvalue weighted by molar-refractivity contribution is 5.82. The third-order valence-corrected chi connectivity index (χ3v) is 3.66. The normalized spacial score (nSPS) is 11.9. The topological polar surface area (TPSA) is 65.5 Å². The van der Waals surface area contributed by atoms with Crippen LogP contribution in [-0.2, 0) is 12.8 Å². The molecule has 2 aromatic heterocycles. The Bertz CT molecular complexity index is 956. The van der Waals surface area contributed by atoms with Crippen molar-refractivity contribution in [3.63, 3.8) is 0 Å². The second kappa shape index (κ2) is 5.70. The lowest BCUT2D eigenvalue weighted by molar-refractivity contribution is -0.142. The highest BCUT2D eigenvalue weighted by Gasteiger charge is 2.35. The van der Waals surface area contributed by atoms with Crippen molar-refractivity contribution >= 4 is 11.0 Å². The van der Waals surface area contributed by atoms with Crippen LogP contribution < -0.4 is 10.4 Å². The Hall–Kier alpha value is -2.77. The second-order valence-corrected chi connectivity index (χ2v) is 5.26. The second-order valence-electron chi connectivity index (χ2n) is 5.26. The molecule has 0 atom stereocenters. The largest absolute Gasteiger partial charge is 0.485 e. The molecule has 0 aliphatic rings. The zero-order chi connectivity index (χ0) is 17.5. The maximum absolute atomic E-state index is 12.4. The summed E-state index contributed by atoms with van der Waals surface area (Å²) < 4.78 is 52.5. The number of alkyl halides is 3. The van der Waals surface area contributed by atoms with E-state index in [2.05, 4.69) is 9.68 Å². The van der Waals surface area contributed by atoms with Crippen LogP contribution in [0, 0.1) is 13.8 Å². The van der Waals surface area contributed by atoms with Crippen LogP contribution in [0.5, 0.6) is 5.75 Å². The Morgan fingerprint density at radius 2 is 1.92 bits per heavy atom. The van der Waals surface area contributed by atoms with Gasteiger partial charge in [0.25, 0.3) is 0 Å². The van der Waals surface area contributed by atoms with Crippen LogP contribution in [0.4, 0.5) is 13.2 Å². The molecule has 126 valence electrons. The summed E-state index contributed by atoms with van der Waals surface area (Å²) in [5.41, 5.74) is 0.114. The SMILES string of the molecule is Cc1c(C)c2ccc(OCc3cc(C(F)(F)F)no3)cc2oc1=O. The minimum absolute atomic E-state index is 0.0658. The number of rotatable bonds is 3. The van der Waals surface area contributed by atoms with Gasteiger partial charge in [-0.3, -0.25) is 0 Å². The minimum atomic E-state index is -4.57. The molecule has 1 aromatic carbocycles. The number of nitrogens with zero attached hydrogens (tertiary/aromatic N) is 1. The average molecular weight is 339 g/mol. The van der Waals surface area contributed by atoms with E-state index in [0.717, 1.165) is 17.0 Å². The molecule has 0 saturated heterocycles. The summed E-state index contributed by atoms with van der Waals surface area (Å²) in [4.78, 5) is 11.7. The summed E-state index contributed by atoms with van der Waals surface area (Å²) in [5.74, 6) is 0.267. The van der Waals surface area contributed by atoms with Gasteiger partial charge in [0.15, 0.2) is 11.5 Å². The predicted octanol–water partition coefficient (Wildman–Crippen LogP) is 4.00. The van der Waals surface area contributed by atoms with E-state index in [9.17, 15) is 18.0 Å². The number of hydrogen-bond acceptors (Lipinski definition) is 5. The maximum Gasteiger partial charge on any atom is 0.436 e. The van der Waals surface area contributed by atoms with Gasteiger partial charge in [0, 0.05) is 23.1 Å². The molecule has 0 aliphatic carbocycles. The molecular weight excluding hydrogens is 327 g/mol. The van der Waals surface area contributed by atoms with E-state index >= 15 is 0 Å². The highest BCUT2D eigenvalue weighted by Crippen LogP contribution is 2.29. The molecule has 0 saturated carbocycles. The molecule has 0 fully saturated rings. The van der Waals surface area contributed by atoms with E-state index in [4.69, 9.17) is 9.15 Å². The minimum Gasteiger partial charge on any atom is -0.485 e. The highest BCUT2D eigenvalue weighted by atomic mass is 19.4. The number of halogens is 3. The summed E-state index contributed by atoms with van der Waals surface area (Å²) in [5, 5.41) is 3.71. The molecule has 0 unspecified atom stereocenters. The molecule has 5 nitrogen and oxygen atoms in total. The van der Waals surface area contributed by atoms with Crippen LogP contribution in [0.3, 0.4) is 0 Å². The van der Waals surface area contributed by atoms with Crippen LogP contribution in [0.2, 0.25) is 0 Å². The first-order chi connectivity index (χ1) is 11.3. The molecule has 8 heteroatoms. The lowest BCUT2D eigenvalue weighted by Crippen LogP contribution is -2.05. The van der Waals surface area contributed by atoms with Gasteiger partial charge in [0.05, 0.1) is 0 Å². The molecule has 0 bridgehead atoms. The summed E-state index contributed by atoms with van der Waals surface area (Å²) in [6, 6.07) is 5.63. The number of aromatic nitrogens is 1. The van der Waals surface area contributed by atoms with Crippen molar-refractivity contribution in [1.82, 2.24) is 5.16 Å². The molecule has 3 aromatic rings. The van der Waals surface area contributed by atoms with Gasteiger partial charge < -0.3 is 13.7 Å². The van der Waals surface area contributed by atoms with Crippen LogP contribution in [-0.4, -0.2) is 5.16 Å². The van der Waals surface area contributed by atoms with Crippen molar-refractivity contribution in [1.29, 1.82) is 0 Å². The van der Waals surface area contributed by atoms with Gasteiger partial charge in [-0.1, -0.05) is 5.16 Å². The number of hydrogen-bond donors (Lipinski definition) is 0. The van der Waals surface area contributed by atoms with Crippen molar-refractivity contribution in [2.24, 2.45) is 0 Å². The fourth-order valence-corrected chi connectivity index (χ4v) is 2.19. The van der Waals surface area contributed by atoms with Gasteiger partial charge in [-0.2, -0.15) is 13.2 Å². The first-order valence-electron chi connectivity index (χ1n) is 6.95. The molecule has 2 heterocycles. The molecule has 3 rings (SSSR count). The third kappa shape index (κ3) is 2.99. The number of fused-ring (bicyclic) bond motifs is 1. The fourth-order valence-electron chi connectivity index (χ4n) is 2.19. The number of ether oxygens (including phenoxy) is 1. The van der Waals surface area contributed by atoms with Crippen LogP contribution >= 0.6 is 0 Å². The van der Waals surface area contributed by atoms with E-state index in [1.807, 2.05) is 6.92 Å². The molecule has 0 amide bonds. The standard InChI is InChI=1S/C16H12F3NO4/c1-8-9(2)15(21)23-13-5-10(3-4-12(8)13)22-7-11-6-14(20-24-11)16(17,18)19/h3-6H,7H2,1-2H3. The molecule has 0 N–H and O–H groups in total. The van der Waals surface area contributed by atoms with Crippen molar-refractivity contribution in [2.45, 2.75) is 26.6 Å². The molecule has 0 aliphatic heterocycles. The average Bonchev–Trinajstić information content (AvgIpc) is 3.00. The Kier molecular flexibility index (Phi) is 3.82. The van der Waals surface area contributed by atoms with E-state index in [1.165, 1.54) is 6.07 Å². The number of benzene rings is 1. The van der Waals surface area contributed by atoms with Crippen molar-refractivity contribution in [3.8, 4) is 5.75 Å². The van der Waals surface area contributed by atoms with E-state index in [1.54, 1.807) is 19.1 Å². The van der Waals surface area contributed by atoms with E-state index in [0.29, 0.717) is 16.9 Å². The monoisotopic (exact) mass is 339 g/mol. The zero-order valence-corrected chi connectivity index (χ0v) is 12.7. The molecule has 0 spiro atoms. The summed E-state index contributed by atoms with van der Waals surface area (Å²) in [6.07, 6.45) is -4.57. The Morgan fingerprint density at radius 3 is 2.58 bits per heavy atom. The summed E-state index contributed by atoms with van der Waals surface area (Å²) in [6.45, 7) is 3.25. The van der Waals surface area contributed by atoms with Crippen molar-refractivity contribution in [2.75, 3.05) is 0 Å². The lowest BCUT2D eigenvalue weighted by Gasteiger charge is -2.07. The maximum atomic E-state index is 12.4. The van der Waals surface area contributed by atoms with Crippen LogP contribution in [0.25, 0.3) is 11.0 Å². The van der Waals surface area contributed by atoms with Gasteiger partial charge in [-0.05, 0) is 31.5 Å². The fraction of sp³-hybridized carbons (Fsp3) is 0.250. The van der Waals surface area contributed by atoms with Crippen LogP contribution in [0.15, 0.2) is 38.0 Å². The van der Waals surface area contributed by atoms with Crippen LogP contribution in [0.1, 0.15) is 22.6 Å². The Balaban J connectivity index is 1.82. The van der Waals surface area contributed by atoms with E-state index < -0.39 is 17.5 Å². The predicted molar refractivity (Wildman–Crippen MR) is 77.8 cm³/mol. The summed E-state index contributed by atoms with van der Waals surface area (Å²) >= 11 is 0. The smallest absolute Gasteiger partial charge is 0.436 e. The Labute approximate surface area is 133 Å². The molecule has 24 heavy (non-hydrogen) atoms. The van der Waals surface area contributed by atoms with Gasteiger partial charge in [-0.25, -0.2) is 4.79 Å². The summed E-state index contributed by atoms with van der Waals surface area (Å²) in [7, 11) is 0. The van der Waals surface area contributed by atoms with Crippen molar-refractivity contribution < 1.29 is 26.8 Å². The Morgan fingerprint density at radius 1 is 1.17 bits per heavy atom. The lowest BCUT2D eigenvalue weighted by atomic mass is 10.1. The third-order valence-electron chi connectivity index (χ3n) is 3.66. The zero-order valence-electron chi connectivity index (χ0n) is 12.7. The van der Waals surface area contributed by atoms with Gasteiger partial charge in [-0.15, -0.1) is 0 Å². The van der Waals surface area contributed by atoms with Gasteiger partial charge >= 0.3 is 11.8 Å². The van der Waals surface area contributed by atoms with Gasteiger partial charge in [0.1, 0.15) is 17.9 Å². The number of aryl methyl sites for hydroxylation is 1. The molecule has 0 radical (unpaired) electrons. The van der Waals surface area contributed by atoms with Gasteiger partial charge in [0.2, 0.25) is 0 Å².